The Bertz CT molecular complexity index is 2610. The van der Waals surface area contributed by atoms with Crippen LogP contribution in [0.1, 0.15) is 74.9 Å². The van der Waals surface area contributed by atoms with Gasteiger partial charge in [0, 0.05) is 22.3 Å². The van der Waals surface area contributed by atoms with E-state index in [0.717, 1.165) is 55.8 Å². The lowest BCUT2D eigenvalue weighted by Crippen LogP contribution is -2.29. The standard InChI is InChI=1S/C53H44N2/c1-51(2,3)35-27-23-33(24-28-35)37-31-32-38(34-25-29-36(30-26-34)52(4,5)6)48-47(37)54-49-41-17-9-13-21-45(41)53(46-22-14-10-18-42(46)50(49)55-48)43-19-11-7-15-39(43)40-16-8-12-20-44(40)53/h7-32H,1-6H3. The summed E-state index contributed by atoms with van der Waals surface area (Å²) in [5.74, 6) is 0. The highest BCUT2D eigenvalue weighted by atomic mass is 14.8. The van der Waals surface area contributed by atoms with E-state index >= 15 is 0 Å². The van der Waals surface area contributed by atoms with Crippen LogP contribution >= 0.6 is 0 Å². The minimum Gasteiger partial charge on any atom is -0.243 e. The van der Waals surface area contributed by atoms with Gasteiger partial charge in [-0.1, -0.05) is 199 Å². The Labute approximate surface area is 324 Å². The van der Waals surface area contributed by atoms with Crippen LogP contribution in [0.15, 0.2) is 158 Å². The first kappa shape index (κ1) is 33.4. The fraction of sp³-hybridized carbons (Fsp3) is 0.170. The third-order valence-corrected chi connectivity index (χ3v) is 12.1. The molecule has 8 aromatic rings. The molecule has 0 amide bonds. The number of aromatic nitrogens is 2. The number of nitrogens with zero attached hydrogens (tertiary/aromatic N) is 2. The molecule has 2 heteroatoms. The van der Waals surface area contributed by atoms with Gasteiger partial charge >= 0.3 is 0 Å². The first-order valence-corrected chi connectivity index (χ1v) is 19.5. The molecule has 266 valence electrons. The van der Waals surface area contributed by atoms with E-state index in [0.29, 0.717) is 0 Å². The van der Waals surface area contributed by atoms with Gasteiger partial charge in [-0.25, -0.2) is 9.97 Å². The van der Waals surface area contributed by atoms with Gasteiger partial charge in [-0.05, 0) is 66.5 Å². The summed E-state index contributed by atoms with van der Waals surface area (Å²) in [4.78, 5) is 11.6. The minimum absolute atomic E-state index is 0.0608. The third-order valence-electron chi connectivity index (χ3n) is 12.1. The van der Waals surface area contributed by atoms with Gasteiger partial charge in [0.25, 0.3) is 0 Å². The zero-order valence-corrected chi connectivity index (χ0v) is 32.4. The summed E-state index contributed by atoms with van der Waals surface area (Å²) in [5, 5.41) is 0. The molecule has 1 aromatic heterocycles. The maximum absolute atomic E-state index is 5.81. The van der Waals surface area contributed by atoms with Crippen molar-refractivity contribution >= 4 is 11.0 Å². The van der Waals surface area contributed by atoms with Crippen molar-refractivity contribution in [2.24, 2.45) is 0 Å². The smallest absolute Gasteiger partial charge is 0.0979 e. The Kier molecular flexibility index (Phi) is 7.26. The van der Waals surface area contributed by atoms with Crippen LogP contribution in [-0.2, 0) is 16.2 Å². The zero-order valence-electron chi connectivity index (χ0n) is 32.4. The van der Waals surface area contributed by atoms with Crippen molar-refractivity contribution in [2.45, 2.75) is 57.8 Å². The predicted octanol–water partition coefficient (Wildman–Crippen LogP) is 13.6. The summed E-state index contributed by atoms with van der Waals surface area (Å²) in [6.45, 7) is 13.6. The number of hydrogen-bond donors (Lipinski definition) is 0. The molecule has 1 spiro atoms. The van der Waals surface area contributed by atoms with E-state index in [1.165, 1.54) is 44.5 Å². The average Bonchev–Trinajstić information content (AvgIpc) is 3.45. The van der Waals surface area contributed by atoms with Gasteiger partial charge in [-0.2, -0.15) is 0 Å². The molecule has 0 atom stereocenters. The number of fused-ring (bicyclic) bond motifs is 13. The van der Waals surface area contributed by atoms with E-state index in [1.807, 2.05) is 0 Å². The van der Waals surface area contributed by atoms with Crippen molar-refractivity contribution in [1.82, 2.24) is 9.97 Å². The molecule has 0 saturated carbocycles. The number of benzene rings is 7. The second-order valence-electron chi connectivity index (χ2n) is 17.4. The highest BCUT2D eigenvalue weighted by Crippen LogP contribution is 2.61. The molecule has 0 aliphatic heterocycles. The monoisotopic (exact) mass is 708 g/mol. The second-order valence-corrected chi connectivity index (χ2v) is 17.4. The Hall–Kier alpha value is -6.12. The normalized spacial score (nSPS) is 13.8. The minimum atomic E-state index is -0.549. The van der Waals surface area contributed by atoms with Crippen molar-refractivity contribution in [3.05, 3.63) is 191 Å². The summed E-state index contributed by atoms with van der Waals surface area (Å²) >= 11 is 0. The summed E-state index contributed by atoms with van der Waals surface area (Å²) in [6.07, 6.45) is 0. The van der Waals surface area contributed by atoms with E-state index in [9.17, 15) is 0 Å². The van der Waals surface area contributed by atoms with Gasteiger partial charge in [0.1, 0.15) is 0 Å². The summed E-state index contributed by atoms with van der Waals surface area (Å²) < 4.78 is 0. The Morgan fingerprint density at radius 3 is 0.982 bits per heavy atom. The highest BCUT2D eigenvalue weighted by Gasteiger charge is 2.50. The van der Waals surface area contributed by atoms with Gasteiger partial charge in [-0.3, -0.25) is 0 Å². The summed E-state index contributed by atoms with van der Waals surface area (Å²) in [5.41, 5.74) is 20.2. The Morgan fingerprint density at radius 1 is 0.327 bits per heavy atom. The number of hydrogen-bond acceptors (Lipinski definition) is 2. The predicted molar refractivity (Wildman–Crippen MR) is 230 cm³/mol. The van der Waals surface area contributed by atoms with E-state index in [2.05, 4.69) is 199 Å². The van der Waals surface area contributed by atoms with Gasteiger partial charge in [0.2, 0.25) is 0 Å². The molecule has 7 aromatic carbocycles. The van der Waals surface area contributed by atoms with Crippen LogP contribution in [0.25, 0.3) is 66.9 Å². The molecule has 2 nitrogen and oxygen atoms in total. The summed E-state index contributed by atoms with van der Waals surface area (Å²) in [6, 6.07) is 58.4. The first-order chi connectivity index (χ1) is 26.5. The molecule has 0 radical (unpaired) electrons. The van der Waals surface area contributed by atoms with Crippen molar-refractivity contribution in [1.29, 1.82) is 0 Å². The second kappa shape index (κ2) is 11.9. The quantitative estimate of drug-likeness (QED) is 0.179. The first-order valence-electron chi connectivity index (χ1n) is 19.5. The van der Waals surface area contributed by atoms with Crippen molar-refractivity contribution in [3.63, 3.8) is 0 Å². The molecular weight excluding hydrogens is 665 g/mol. The molecule has 0 N–H and O–H groups in total. The maximum Gasteiger partial charge on any atom is 0.0979 e. The fourth-order valence-electron chi connectivity index (χ4n) is 9.27. The largest absolute Gasteiger partial charge is 0.243 e. The zero-order chi connectivity index (χ0) is 37.7. The molecule has 2 aliphatic rings. The lowest BCUT2D eigenvalue weighted by atomic mass is 9.66. The van der Waals surface area contributed by atoms with E-state index < -0.39 is 5.41 Å². The molecule has 55 heavy (non-hydrogen) atoms. The van der Waals surface area contributed by atoms with Crippen LogP contribution in [0, 0.1) is 0 Å². The van der Waals surface area contributed by atoms with E-state index in [4.69, 9.17) is 9.97 Å². The van der Waals surface area contributed by atoms with Crippen LogP contribution in [0.5, 0.6) is 0 Å². The Balaban J connectivity index is 1.32. The third kappa shape index (κ3) is 4.94. The van der Waals surface area contributed by atoms with Crippen LogP contribution in [0.4, 0.5) is 0 Å². The van der Waals surface area contributed by atoms with Crippen LogP contribution in [0.3, 0.4) is 0 Å². The number of rotatable bonds is 2. The maximum atomic E-state index is 5.81. The van der Waals surface area contributed by atoms with Crippen molar-refractivity contribution in [2.75, 3.05) is 0 Å². The van der Waals surface area contributed by atoms with E-state index in [-0.39, 0.29) is 10.8 Å². The molecule has 10 rings (SSSR count). The average molecular weight is 709 g/mol. The molecule has 0 fully saturated rings. The van der Waals surface area contributed by atoms with Crippen molar-refractivity contribution in [3.8, 4) is 55.9 Å². The lowest BCUT2D eigenvalue weighted by molar-refractivity contribution is 0.590. The van der Waals surface area contributed by atoms with Gasteiger partial charge in [-0.15, -0.1) is 0 Å². The fourth-order valence-corrected chi connectivity index (χ4v) is 9.27. The topological polar surface area (TPSA) is 25.8 Å². The molecular formula is C53H44N2. The Morgan fingerprint density at radius 2 is 0.636 bits per heavy atom. The lowest BCUT2D eigenvalue weighted by Gasteiger charge is -2.35. The summed E-state index contributed by atoms with van der Waals surface area (Å²) in [7, 11) is 0. The van der Waals surface area contributed by atoms with Crippen LogP contribution in [-0.4, -0.2) is 9.97 Å². The van der Waals surface area contributed by atoms with Gasteiger partial charge < -0.3 is 0 Å². The van der Waals surface area contributed by atoms with E-state index in [1.54, 1.807) is 0 Å². The molecule has 0 saturated heterocycles. The van der Waals surface area contributed by atoms with Crippen molar-refractivity contribution < 1.29 is 0 Å². The molecule has 2 aliphatic carbocycles. The highest BCUT2D eigenvalue weighted by molar-refractivity contribution is 6.04. The van der Waals surface area contributed by atoms with Gasteiger partial charge in [0.15, 0.2) is 0 Å². The molecule has 1 heterocycles. The van der Waals surface area contributed by atoms with Gasteiger partial charge in [0.05, 0.1) is 27.8 Å². The molecule has 0 bridgehead atoms. The molecule has 0 unspecified atom stereocenters. The SMILES string of the molecule is CC(C)(C)c1ccc(-c2ccc(-c3ccc(C(C)(C)C)cc3)c3nc4c(nc23)-c2ccccc2C2(c3ccccc3-c3ccccc32)c2ccccc2-4)cc1. The van der Waals surface area contributed by atoms with Crippen LogP contribution in [0.2, 0.25) is 0 Å². The van der Waals surface area contributed by atoms with Crippen LogP contribution < -0.4 is 0 Å².